The summed E-state index contributed by atoms with van der Waals surface area (Å²) < 4.78 is 8.67. The average molecular weight is 641 g/mol. The lowest BCUT2D eigenvalue weighted by atomic mass is 10.0. The Bertz CT molecular complexity index is 2810. The van der Waals surface area contributed by atoms with Crippen molar-refractivity contribution in [2.24, 2.45) is 0 Å². The molecule has 50 heavy (non-hydrogen) atoms. The summed E-state index contributed by atoms with van der Waals surface area (Å²) in [6.45, 7) is 0. The molecule has 3 aromatic heterocycles. The van der Waals surface area contributed by atoms with Crippen LogP contribution in [0.25, 0.3) is 94.7 Å². The molecular weight excluding hydrogens is 613 g/mol. The Balaban J connectivity index is 1.21. The molecule has 0 N–H and O–H groups in total. The largest absolute Gasteiger partial charge is 0.456 e. The number of aromatic nitrogens is 4. The molecule has 234 valence electrons. The van der Waals surface area contributed by atoms with Crippen LogP contribution in [0, 0.1) is 0 Å². The second-order valence-corrected chi connectivity index (χ2v) is 12.4. The average Bonchev–Trinajstić information content (AvgIpc) is 3.74. The number of hydrogen-bond donors (Lipinski definition) is 0. The third kappa shape index (κ3) is 4.52. The fourth-order valence-corrected chi connectivity index (χ4v) is 7.20. The van der Waals surface area contributed by atoms with Gasteiger partial charge in [0.2, 0.25) is 0 Å². The Morgan fingerprint density at radius 3 is 1.74 bits per heavy atom. The first-order valence-electron chi connectivity index (χ1n) is 16.7. The van der Waals surface area contributed by atoms with Gasteiger partial charge in [0, 0.05) is 43.8 Å². The lowest BCUT2D eigenvalue weighted by molar-refractivity contribution is 0.669. The minimum Gasteiger partial charge on any atom is -0.456 e. The summed E-state index contributed by atoms with van der Waals surface area (Å²) in [7, 11) is 0. The van der Waals surface area contributed by atoms with Crippen LogP contribution in [-0.4, -0.2) is 19.5 Å². The summed E-state index contributed by atoms with van der Waals surface area (Å²) in [6, 6.07) is 58.6. The van der Waals surface area contributed by atoms with Crippen molar-refractivity contribution in [2.45, 2.75) is 0 Å². The van der Waals surface area contributed by atoms with Gasteiger partial charge >= 0.3 is 0 Å². The third-order valence-electron chi connectivity index (χ3n) is 9.47. The second kappa shape index (κ2) is 11.4. The van der Waals surface area contributed by atoms with Crippen LogP contribution in [0.4, 0.5) is 0 Å². The van der Waals surface area contributed by atoms with E-state index in [1.54, 1.807) is 0 Å². The zero-order valence-electron chi connectivity index (χ0n) is 26.9. The van der Waals surface area contributed by atoms with Crippen LogP contribution >= 0.6 is 0 Å². The monoisotopic (exact) mass is 640 g/mol. The second-order valence-electron chi connectivity index (χ2n) is 12.4. The molecule has 0 aliphatic rings. The Labute approximate surface area is 287 Å². The first kappa shape index (κ1) is 28.2. The molecule has 0 bridgehead atoms. The molecule has 0 spiro atoms. The summed E-state index contributed by atoms with van der Waals surface area (Å²) in [4.78, 5) is 15.2. The van der Waals surface area contributed by atoms with Crippen molar-refractivity contribution in [1.82, 2.24) is 19.5 Å². The van der Waals surface area contributed by atoms with E-state index in [1.165, 1.54) is 0 Å². The normalized spacial score (nSPS) is 11.6. The van der Waals surface area contributed by atoms with E-state index in [0.29, 0.717) is 17.5 Å². The molecule has 0 amide bonds. The highest BCUT2D eigenvalue weighted by molar-refractivity contribution is 6.15. The van der Waals surface area contributed by atoms with Gasteiger partial charge in [0.05, 0.1) is 16.7 Å². The zero-order valence-corrected chi connectivity index (χ0v) is 26.9. The van der Waals surface area contributed by atoms with Crippen LogP contribution in [0.2, 0.25) is 0 Å². The molecule has 0 radical (unpaired) electrons. The standard InChI is InChI=1S/C45H28N4O/c1-3-14-29(15-4-1)43-46-44(30-16-5-2-6-17-30)48-45(47-43)36-21-13-24-39-42(36)35-20-8-11-23-38(35)49(39)37-22-10-7-18-32(37)31-26-27-34-33-19-9-12-25-40(33)50-41(34)28-31/h1-28H. The summed E-state index contributed by atoms with van der Waals surface area (Å²) in [5.74, 6) is 1.91. The molecule has 5 heteroatoms. The van der Waals surface area contributed by atoms with Crippen LogP contribution in [0.3, 0.4) is 0 Å². The first-order valence-corrected chi connectivity index (χ1v) is 16.7. The maximum Gasteiger partial charge on any atom is 0.164 e. The minimum absolute atomic E-state index is 0.634. The van der Waals surface area contributed by atoms with Crippen LogP contribution in [0.15, 0.2) is 174 Å². The molecule has 0 saturated heterocycles. The molecule has 0 fully saturated rings. The highest BCUT2D eigenvalue weighted by Crippen LogP contribution is 2.41. The van der Waals surface area contributed by atoms with E-state index < -0.39 is 0 Å². The van der Waals surface area contributed by atoms with E-state index >= 15 is 0 Å². The van der Waals surface area contributed by atoms with Crippen LogP contribution in [0.1, 0.15) is 0 Å². The lowest BCUT2D eigenvalue weighted by Crippen LogP contribution is -2.00. The molecule has 7 aromatic carbocycles. The van der Waals surface area contributed by atoms with Gasteiger partial charge in [-0.15, -0.1) is 0 Å². The maximum atomic E-state index is 6.31. The van der Waals surface area contributed by atoms with Gasteiger partial charge in [-0.2, -0.15) is 0 Å². The number of hydrogen-bond acceptors (Lipinski definition) is 4. The highest BCUT2D eigenvalue weighted by atomic mass is 16.3. The maximum absolute atomic E-state index is 6.31. The number of fused-ring (bicyclic) bond motifs is 6. The van der Waals surface area contributed by atoms with Crippen molar-refractivity contribution < 1.29 is 4.42 Å². The third-order valence-corrected chi connectivity index (χ3v) is 9.47. The number of furan rings is 1. The summed E-state index contributed by atoms with van der Waals surface area (Å²) in [6.07, 6.45) is 0. The molecule has 3 heterocycles. The molecule has 0 saturated carbocycles. The lowest BCUT2D eigenvalue weighted by Gasteiger charge is -2.14. The molecule has 0 aliphatic heterocycles. The smallest absolute Gasteiger partial charge is 0.164 e. The van der Waals surface area contributed by atoms with Crippen molar-refractivity contribution in [3.8, 4) is 51.0 Å². The van der Waals surface area contributed by atoms with Gasteiger partial charge in [-0.1, -0.05) is 133 Å². The zero-order chi connectivity index (χ0) is 33.0. The van der Waals surface area contributed by atoms with E-state index in [-0.39, 0.29) is 0 Å². The predicted molar refractivity (Wildman–Crippen MR) is 203 cm³/mol. The van der Waals surface area contributed by atoms with Crippen LogP contribution in [0.5, 0.6) is 0 Å². The molecule has 0 unspecified atom stereocenters. The SMILES string of the molecule is c1ccc(-c2nc(-c3ccccc3)nc(-c3cccc4c3c3ccccc3n4-c3ccccc3-c3ccc4c(c3)oc3ccccc34)n2)cc1. The van der Waals surface area contributed by atoms with Crippen LogP contribution in [-0.2, 0) is 0 Å². The van der Waals surface area contributed by atoms with Crippen molar-refractivity contribution in [3.05, 3.63) is 170 Å². The topological polar surface area (TPSA) is 56.7 Å². The van der Waals surface area contributed by atoms with Crippen molar-refractivity contribution in [3.63, 3.8) is 0 Å². The molecule has 0 atom stereocenters. The van der Waals surface area contributed by atoms with Crippen LogP contribution < -0.4 is 0 Å². The Hall–Kier alpha value is -6.85. The Kier molecular flexibility index (Phi) is 6.42. The van der Waals surface area contributed by atoms with Gasteiger partial charge in [0.15, 0.2) is 17.5 Å². The fourth-order valence-electron chi connectivity index (χ4n) is 7.20. The van der Waals surface area contributed by atoms with Gasteiger partial charge in [-0.25, -0.2) is 15.0 Å². The summed E-state index contributed by atoms with van der Waals surface area (Å²) in [5.41, 5.74) is 10.1. The molecule has 10 aromatic rings. The van der Waals surface area contributed by atoms with Crippen molar-refractivity contribution in [1.29, 1.82) is 0 Å². The van der Waals surface area contributed by atoms with E-state index in [1.807, 2.05) is 72.8 Å². The number of benzene rings is 7. The van der Waals surface area contributed by atoms with Gasteiger partial charge in [0.25, 0.3) is 0 Å². The molecule has 5 nitrogen and oxygen atoms in total. The minimum atomic E-state index is 0.634. The first-order chi connectivity index (χ1) is 24.8. The number of rotatable bonds is 5. The quantitative estimate of drug-likeness (QED) is 0.188. The Morgan fingerprint density at radius 2 is 0.960 bits per heavy atom. The van der Waals surface area contributed by atoms with E-state index in [9.17, 15) is 0 Å². The van der Waals surface area contributed by atoms with E-state index in [4.69, 9.17) is 19.4 Å². The number of para-hydroxylation sites is 3. The molecule has 10 rings (SSSR count). The summed E-state index contributed by atoms with van der Waals surface area (Å²) >= 11 is 0. The van der Waals surface area contributed by atoms with E-state index in [2.05, 4.69) is 102 Å². The van der Waals surface area contributed by atoms with E-state index in [0.717, 1.165) is 77.2 Å². The van der Waals surface area contributed by atoms with Gasteiger partial charge < -0.3 is 8.98 Å². The predicted octanol–water partition coefficient (Wildman–Crippen LogP) is 11.5. The van der Waals surface area contributed by atoms with Gasteiger partial charge in [-0.05, 0) is 42.0 Å². The summed E-state index contributed by atoms with van der Waals surface area (Å²) in [5, 5.41) is 4.46. The Morgan fingerprint density at radius 1 is 0.380 bits per heavy atom. The van der Waals surface area contributed by atoms with Crippen molar-refractivity contribution >= 4 is 43.7 Å². The van der Waals surface area contributed by atoms with Gasteiger partial charge in [0.1, 0.15) is 11.2 Å². The fraction of sp³-hybridized carbons (Fsp3) is 0. The van der Waals surface area contributed by atoms with Crippen molar-refractivity contribution in [2.75, 3.05) is 0 Å². The molecule has 0 aliphatic carbocycles. The molecular formula is C45H28N4O. The number of nitrogens with zero attached hydrogens (tertiary/aromatic N) is 4. The van der Waals surface area contributed by atoms with Gasteiger partial charge in [-0.3, -0.25) is 0 Å². The highest BCUT2D eigenvalue weighted by Gasteiger charge is 2.21.